The van der Waals surface area contributed by atoms with Crippen molar-refractivity contribution >= 4 is 0 Å². The summed E-state index contributed by atoms with van der Waals surface area (Å²) in [5.41, 5.74) is 3.66. The van der Waals surface area contributed by atoms with E-state index in [1.165, 1.54) is 68.9 Å². The summed E-state index contributed by atoms with van der Waals surface area (Å²) in [6.45, 7) is 5.17. The highest BCUT2D eigenvalue weighted by Gasteiger charge is 2.20. The van der Waals surface area contributed by atoms with Gasteiger partial charge in [0.15, 0.2) is 0 Å². The fourth-order valence-corrected chi connectivity index (χ4v) is 4.37. The third kappa shape index (κ3) is 6.36. The van der Waals surface area contributed by atoms with Crippen molar-refractivity contribution in [3.8, 4) is 17.0 Å². The molecular formula is C26H37NO. The zero-order valence-electron chi connectivity index (χ0n) is 17.8. The predicted octanol–water partition coefficient (Wildman–Crippen LogP) is 7.47. The Bertz CT molecular complexity index is 669. The molecule has 2 heteroatoms. The van der Waals surface area contributed by atoms with Crippen molar-refractivity contribution in [3.63, 3.8) is 0 Å². The van der Waals surface area contributed by atoms with Crippen LogP contribution in [0.15, 0.2) is 42.6 Å². The van der Waals surface area contributed by atoms with Crippen LogP contribution in [0.1, 0.15) is 77.2 Å². The Labute approximate surface area is 171 Å². The van der Waals surface area contributed by atoms with Gasteiger partial charge in [0.2, 0.25) is 0 Å². The Morgan fingerprint density at radius 3 is 2.18 bits per heavy atom. The van der Waals surface area contributed by atoms with E-state index in [4.69, 9.17) is 4.74 Å². The molecule has 2 nitrogen and oxygen atoms in total. The molecule has 1 fully saturated rings. The van der Waals surface area contributed by atoms with Crippen molar-refractivity contribution < 1.29 is 4.74 Å². The molecule has 0 radical (unpaired) electrons. The lowest BCUT2D eigenvalue weighted by Gasteiger charge is -2.28. The number of pyridine rings is 1. The summed E-state index contributed by atoms with van der Waals surface area (Å²) in [5, 5.41) is 0. The average Bonchev–Trinajstić information content (AvgIpc) is 2.76. The smallest absolute Gasteiger partial charge is 0.137 e. The molecule has 1 saturated carbocycles. The molecule has 0 saturated heterocycles. The summed E-state index contributed by atoms with van der Waals surface area (Å²) in [7, 11) is 0. The van der Waals surface area contributed by atoms with Gasteiger partial charge in [-0.1, -0.05) is 83.1 Å². The second kappa shape index (κ2) is 11.2. The maximum Gasteiger partial charge on any atom is 0.137 e. The van der Waals surface area contributed by atoms with Gasteiger partial charge in [0.05, 0.1) is 18.5 Å². The number of hydrogen-bond acceptors (Lipinski definition) is 2. The third-order valence-corrected chi connectivity index (χ3v) is 6.23. The minimum absolute atomic E-state index is 0.746. The highest BCUT2D eigenvalue weighted by Crippen LogP contribution is 2.34. The van der Waals surface area contributed by atoms with Crippen LogP contribution in [0.25, 0.3) is 11.3 Å². The molecule has 0 N–H and O–H groups in total. The van der Waals surface area contributed by atoms with Gasteiger partial charge in [0, 0.05) is 5.56 Å². The van der Waals surface area contributed by atoms with Crippen LogP contribution in [0.2, 0.25) is 0 Å². The van der Waals surface area contributed by atoms with Gasteiger partial charge >= 0.3 is 0 Å². The summed E-state index contributed by atoms with van der Waals surface area (Å²) >= 11 is 0. The van der Waals surface area contributed by atoms with E-state index in [0.29, 0.717) is 0 Å². The molecule has 1 aliphatic carbocycles. The molecule has 2 aromatic rings. The molecule has 28 heavy (non-hydrogen) atoms. The number of hydrogen-bond donors (Lipinski definition) is 0. The second-order valence-corrected chi connectivity index (χ2v) is 8.49. The van der Waals surface area contributed by atoms with Gasteiger partial charge in [-0.3, -0.25) is 4.98 Å². The Morgan fingerprint density at radius 1 is 0.857 bits per heavy atom. The highest BCUT2D eigenvalue weighted by molar-refractivity contribution is 5.59. The van der Waals surface area contributed by atoms with Gasteiger partial charge in [0.1, 0.15) is 5.75 Å². The van der Waals surface area contributed by atoms with Gasteiger partial charge in [-0.2, -0.15) is 0 Å². The Kier molecular flexibility index (Phi) is 8.39. The second-order valence-electron chi connectivity index (χ2n) is 8.49. The quantitative estimate of drug-likeness (QED) is 0.427. The van der Waals surface area contributed by atoms with E-state index in [1.54, 1.807) is 0 Å². The number of aromatic nitrogens is 1. The Hall–Kier alpha value is -1.83. The first-order chi connectivity index (χ1) is 13.8. The zero-order valence-corrected chi connectivity index (χ0v) is 17.8. The molecule has 1 heterocycles. The van der Waals surface area contributed by atoms with E-state index >= 15 is 0 Å². The van der Waals surface area contributed by atoms with Crippen LogP contribution in [0.3, 0.4) is 0 Å². The maximum atomic E-state index is 5.62. The summed E-state index contributed by atoms with van der Waals surface area (Å²) in [5.74, 6) is 2.81. The third-order valence-electron chi connectivity index (χ3n) is 6.23. The number of unbranched alkanes of at least 4 members (excludes halogenated alkanes) is 1. The van der Waals surface area contributed by atoms with E-state index < -0.39 is 0 Å². The molecular weight excluding hydrogens is 342 g/mol. The van der Waals surface area contributed by atoms with Crippen LogP contribution in [0.4, 0.5) is 0 Å². The molecule has 0 bridgehead atoms. The number of rotatable bonds is 10. The number of aryl methyl sites for hydroxylation is 1. The van der Waals surface area contributed by atoms with Crippen molar-refractivity contribution in [2.45, 2.75) is 78.1 Å². The summed E-state index contributed by atoms with van der Waals surface area (Å²) < 4.78 is 5.62. The van der Waals surface area contributed by atoms with Gasteiger partial charge in [-0.05, 0) is 48.8 Å². The molecule has 1 aromatic carbocycles. The average molecular weight is 380 g/mol. The molecule has 3 rings (SSSR count). The Balaban J connectivity index is 1.44. The zero-order chi connectivity index (χ0) is 19.6. The molecule has 1 aromatic heterocycles. The van der Waals surface area contributed by atoms with E-state index in [2.05, 4.69) is 49.2 Å². The first-order valence-electron chi connectivity index (χ1n) is 11.5. The van der Waals surface area contributed by atoms with Crippen LogP contribution in [0.5, 0.6) is 5.75 Å². The normalized spacial score (nSPS) is 19.5. The molecule has 0 amide bonds. The SMILES string of the molecule is CCCC[C@H]1CC[C@H](CCc2ccc(-c3ccc(OCCC)cn3)cc2)CC1. The van der Waals surface area contributed by atoms with Crippen molar-refractivity contribution in [2.24, 2.45) is 11.8 Å². The van der Waals surface area contributed by atoms with E-state index in [0.717, 1.165) is 36.3 Å². The monoisotopic (exact) mass is 379 g/mol. The molecule has 1 aliphatic rings. The van der Waals surface area contributed by atoms with E-state index in [9.17, 15) is 0 Å². The topological polar surface area (TPSA) is 22.1 Å². The lowest BCUT2D eigenvalue weighted by atomic mass is 9.78. The summed E-state index contributed by atoms with van der Waals surface area (Å²) in [6.07, 6.45) is 15.5. The van der Waals surface area contributed by atoms with Gasteiger partial charge in [0.25, 0.3) is 0 Å². The molecule has 0 atom stereocenters. The van der Waals surface area contributed by atoms with E-state index in [1.807, 2.05) is 12.3 Å². The van der Waals surface area contributed by atoms with Crippen molar-refractivity contribution in [1.82, 2.24) is 4.98 Å². The molecule has 0 unspecified atom stereocenters. The maximum absolute atomic E-state index is 5.62. The number of benzene rings is 1. The van der Waals surface area contributed by atoms with E-state index in [-0.39, 0.29) is 0 Å². The summed E-state index contributed by atoms with van der Waals surface area (Å²) in [6, 6.07) is 13.1. The van der Waals surface area contributed by atoms with Gasteiger partial charge < -0.3 is 4.74 Å². The first-order valence-corrected chi connectivity index (χ1v) is 11.5. The van der Waals surface area contributed by atoms with Crippen LogP contribution in [-0.2, 0) is 6.42 Å². The highest BCUT2D eigenvalue weighted by atomic mass is 16.5. The van der Waals surface area contributed by atoms with Crippen molar-refractivity contribution in [2.75, 3.05) is 6.61 Å². The van der Waals surface area contributed by atoms with Crippen LogP contribution in [-0.4, -0.2) is 11.6 Å². The van der Waals surface area contributed by atoms with Gasteiger partial charge in [-0.25, -0.2) is 0 Å². The minimum Gasteiger partial charge on any atom is -0.492 e. The van der Waals surface area contributed by atoms with Gasteiger partial charge in [-0.15, -0.1) is 0 Å². The number of ether oxygens (including phenoxy) is 1. The first kappa shape index (κ1) is 20.9. The lowest BCUT2D eigenvalue weighted by Crippen LogP contribution is -2.15. The van der Waals surface area contributed by atoms with Crippen molar-refractivity contribution in [1.29, 1.82) is 0 Å². The standard InChI is InChI=1S/C26H37NO/c1-3-5-6-21-7-9-22(10-8-21)11-12-23-13-15-24(16-14-23)26-18-17-25(20-27-26)28-19-4-2/h13-18,20-22H,3-12,19H2,1-2H3/t21-,22-. The molecule has 0 aliphatic heterocycles. The van der Waals surface area contributed by atoms with Crippen LogP contribution >= 0.6 is 0 Å². The minimum atomic E-state index is 0.746. The van der Waals surface area contributed by atoms with Crippen LogP contribution in [0, 0.1) is 11.8 Å². The Morgan fingerprint density at radius 2 is 1.57 bits per heavy atom. The summed E-state index contributed by atoms with van der Waals surface area (Å²) in [4.78, 5) is 4.55. The fourth-order valence-electron chi connectivity index (χ4n) is 4.37. The largest absolute Gasteiger partial charge is 0.492 e. The number of nitrogens with zero attached hydrogens (tertiary/aromatic N) is 1. The fraction of sp³-hybridized carbons (Fsp3) is 0.577. The molecule has 0 spiro atoms. The molecule has 152 valence electrons. The lowest BCUT2D eigenvalue weighted by molar-refractivity contribution is 0.250. The van der Waals surface area contributed by atoms with Crippen LogP contribution < -0.4 is 4.74 Å². The predicted molar refractivity (Wildman–Crippen MR) is 119 cm³/mol. The van der Waals surface area contributed by atoms with Crippen molar-refractivity contribution in [3.05, 3.63) is 48.2 Å².